The Kier molecular flexibility index (Phi) is 5.87. The molecular weight excluding hydrogens is 333 g/mol. The Morgan fingerprint density at radius 1 is 1.14 bits per heavy atom. The normalized spacial score (nSPS) is 19.1. The summed E-state index contributed by atoms with van der Waals surface area (Å²) in [6.45, 7) is 5.45. The third-order valence-corrected chi connectivity index (χ3v) is 3.72. The van der Waals surface area contributed by atoms with Crippen LogP contribution in [0.25, 0.3) is 0 Å². The number of carbonyl (C=O) groups is 2. The Bertz CT molecular complexity index is 530. The van der Waals surface area contributed by atoms with E-state index in [1.165, 1.54) is 14.2 Å². The van der Waals surface area contributed by atoms with E-state index in [-0.39, 0.29) is 28.8 Å². The zero-order chi connectivity index (χ0) is 17.1. The van der Waals surface area contributed by atoms with Crippen LogP contribution < -0.4 is 0 Å². The van der Waals surface area contributed by atoms with Gasteiger partial charge in [0.2, 0.25) is 5.90 Å². The molecule has 0 aromatic carbocycles. The predicted molar refractivity (Wildman–Crippen MR) is 83.5 cm³/mol. The van der Waals surface area contributed by atoms with E-state index in [1.807, 2.05) is 20.8 Å². The summed E-state index contributed by atoms with van der Waals surface area (Å²) in [7, 11) is 2.39. The molecule has 0 aliphatic carbocycles. The van der Waals surface area contributed by atoms with Crippen LogP contribution in [0, 0.1) is 0 Å². The molecule has 1 rings (SSSR count). The number of esters is 2. The number of methoxy groups -OCH3 is 2. The number of aliphatic imine (C=N–C) groups is 1. The lowest BCUT2D eigenvalue weighted by atomic mass is 9.95. The van der Waals surface area contributed by atoms with Crippen molar-refractivity contribution in [3.05, 3.63) is 11.1 Å². The van der Waals surface area contributed by atoms with E-state index < -0.39 is 23.1 Å². The van der Waals surface area contributed by atoms with Crippen LogP contribution >= 0.6 is 23.2 Å². The SMILES string of the molecule is COC(=O)C1=C(C(=O)OC)C(CCl)(CCl)OC1=NC(C)(C)C. The number of halogens is 2. The maximum atomic E-state index is 12.1. The number of hydrogen-bond donors (Lipinski definition) is 0. The van der Waals surface area contributed by atoms with Gasteiger partial charge in [0.15, 0.2) is 5.60 Å². The van der Waals surface area contributed by atoms with Gasteiger partial charge in [-0.15, -0.1) is 23.2 Å². The van der Waals surface area contributed by atoms with E-state index in [4.69, 9.17) is 37.4 Å². The Hall–Kier alpha value is -1.27. The lowest BCUT2D eigenvalue weighted by molar-refractivity contribution is -0.139. The average Bonchev–Trinajstić information content (AvgIpc) is 2.78. The number of hydrogen-bond acceptors (Lipinski definition) is 6. The first kappa shape index (κ1) is 18.8. The van der Waals surface area contributed by atoms with Crippen molar-refractivity contribution >= 4 is 41.0 Å². The highest BCUT2D eigenvalue weighted by atomic mass is 35.5. The summed E-state index contributed by atoms with van der Waals surface area (Å²) in [6.07, 6.45) is 0. The summed E-state index contributed by atoms with van der Waals surface area (Å²) >= 11 is 11.9. The molecule has 22 heavy (non-hydrogen) atoms. The van der Waals surface area contributed by atoms with Gasteiger partial charge >= 0.3 is 11.9 Å². The summed E-state index contributed by atoms with van der Waals surface area (Å²) in [5.74, 6) is -1.85. The number of ether oxygens (including phenoxy) is 3. The largest absolute Gasteiger partial charge is 0.466 e. The van der Waals surface area contributed by atoms with Gasteiger partial charge < -0.3 is 14.2 Å². The molecule has 0 saturated carbocycles. The number of nitrogens with zero attached hydrogens (tertiary/aromatic N) is 1. The van der Waals surface area contributed by atoms with Gasteiger partial charge in [-0.2, -0.15) is 0 Å². The van der Waals surface area contributed by atoms with E-state index in [1.54, 1.807) is 0 Å². The van der Waals surface area contributed by atoms with Gasteiger partial charge in [0.25, 0.3) is 0 Å². The fraction of sp³-hybridized carbons (Fsp3) is 0.643. The molecule has 0 saturated heterocycles. The highest BCUT2D eigenvalue weighted by Gasteiger charge is 2.52. The van der Waals surface area contributed by atoms with Crippen molar-refractivity contribution in [3.8, 4) is 0 Å². The maximum Gasteiger partial charge on any atom is 0.344 e. The highest BCUT2D eigenvalue weighted by molar-refractivity contribution is 6.28. The Labute approximate surface area is 139 Å². The first-order valence-electron chi connectivity index (χ1n) is 6.48. The second-order valence-electron chi connectivity index (χ2n) is 5.68. The molecule has 0 bridgehead atoms. The maximum absolute atomic E-state index is 12.1. The molecule has 6 nitrogen and oxygen atoms in total. The van der Waals surface area contributed by atoms with Crippen molar-refractivity contribution in [2.75, 3.05) is 26.0 Å². The third-order valence-electron chi connectivity index (χ3n) is 2.86. The lowest BCUT2D eigenvalue weighted by Crippen LogP contribution is -2.40. The molecule has 0 radical (unpaired) electrons. The zero-order valence-corrected chi connectivity index (χ0v) is 14.7. The van der Waals surface area contributed by atoms with Gasteiger partial charge in [-0.1, -0.05) is 0 Å². The fourth-order valence-electron chi connectivity index (χ4n) is 1.91. The molecule has 0 aromatic heterocycles. The second kappa shape index (κ2) is 6.87. The molecule has 0 atom stereocenters. The van der Waals surface area contributed by atoms with Crippen molar-refractivity contribution in [1.82, 2.24) is 0 Å². The van der Waals surface area contributed by atoms with Crippen molar-refractivity contribution in [3.63, 3.8) is 0 Å². The fourth-order valence-corrected chi connectivity index (χ4v) is 2.57. The van der Waals surface area contributed by atoms with Crippen LogP contribution in [-0.2, 0) is 23.8 Å². The quantitative estimate of drug-likeness (QED) is 0.572. The highest BCUT2D eigenvalue weighted by Crippen LogP contribution is 2.38. The molecule has 1 aliphatic rings. The summed E-state index contributed by atoms with van der Waals surface area (Å²) in [5, 5.41) is 0. The first-order chi connectivity index (χ1) is 10.2. The van der Waals surface area contributed by atoms with Crippen molar-refractivity contribution < 1.29 is 23.8 Å². The third kappa shape index (κ3) is 3.55. The van der Waals surface area contributed by atoms with Crippen molar-refractivity contribution in [1.29, 1.82) is 0 Å². The Balaban J connectivity index is 3.66. The standard InChI is InChI=1S/C14H19Cl2NO5/c1-13(2,3)17-10-8(11(18)20-4)9(12(19)21-5)14(6-15,7-16)22-10/h6-7H2,1-5H3. The van der Waals surface area contributed by atoms with Crippen LogP contribution in [0.1, 0.15) is 20.8 Å². The van der Waals surface area contributed by atoms with Gasteiger partial charge in [0.1, 0.15) is 11.1 Å². The van der Waals surface area contributed by atoms with Crippen molar-refractivity contribution in [2.45, 2.75) is 31.9 Å². The van der Waals surface area contributed by atoms with E-state index in [2.05, 4.69) is 4.99 Å². The number of rotatable bonds is 4. The molecule has 0 unspecified atom stereocenters. The minimum Gasteiger partial charge on any atom is -0.466 e. The molecule has 8 heteroatoms. The van der Waals surface area contributed by atoms with Crippen LogP contribution in [0.4, 0.5) is 0 Å². The molecule has 0 N–H and O–H groups in total. The van der Waals surface area contributed by atoms with Gasteiger partial charge in [-0.05, 0) is 20.8 Å². The second-order valence-corrected chi connectivity index (χ2v) is 6.22. The summed E-state index contributed by atoms with van der Waals surface area (Å²) < 4.78 is 15.2. The lowest BCUT2D eigenvalue weighted by Gasteiger charge is -2.26. The van der Waals surface area contributed by atoms with E-state index in [9.17, 15) is 9.59 Å². The predicted octanol–water partition coefficient (Wildman–Crippen LogP) is 2.07. The molecular formula is C14H19Cl2NO5. The number of alkyl halides is 2. The minimum atomic E-state index is -1.39. The van der Waals surface area contributed by atoms with Gasteiger partial charge in [0, 0.05) is 0 Å². The first-order valence-corrected chi connectivity index (χ1v) is 7.55. The summed E-state index contributed by atoms with van der Waals surface area (Å²) in [4.78, 5) is 28.6. The Morgan fingerprint density at radius 3 is 2.00 bits per heavy atom. The molecule has 1 heterocycles. The minimum absolute atomic E-state index is 0.0268. The topological polar surface area (TPSA) is 74.2 Å². The summed E-state index contributed by atoms with van der Waals surface area (Å²) in [6, 6.07) is 0. The van der Waals surface area contributed by atoms with Gasteiger partial charge in [0.05, 0.1) is 31.5 Å². The smallest absolute Gasteiger partial charge is 0.344 e. The van der Waals surface area contributed by atoms with Crippen LogP contribution in [0.2, 0.25) is 0 Å². The van der Waals surface area contributed by atoms with Crippen LogP contribution in [-0.4, -0.2) is 55.0 Å². The van der Waals surface area contributed by atoms with Crippen LogP contribution in [0.15, 0.2) is 16.1 Å². The monoisotopic (exact) mass is 351 g/mol. The molecule has 0 aromatic rings. The molecule has 0 fully saturated rings. The van der Waals surface area contributed by atoms with E-state index >= 15 is 0 Å². The molecule has 124 valence electrons. The zero-order valence-electron chi connectivity index (χ0n) is 13.2. The molecule has 0 amide bonds. The Morgan fingerprint density at radius 2 is 1.64 bits per heavy atom. The average molecular weight is 352 g/mol. The van der Waals surface area contributed by atoms with Crippen molar-refractivity contribution in [2.24, 2.45) is 4.99 Å². The summed E-state index contributed by atoms with van der Waals surface area (Å²) in [5.41, 5.74) is -2.12. The van der Waals surface area contributed by atoms with Crippen LogP contribution in [0.5, 0.6) is 0 Å². The van der Waals surface area contributed by atoms with E-state index in [0.717, 1.165) is 0 Å². The van der Waals surface area contributed by atoms with Crippen LogP contribution in [0.3, 0.4) is 0 Å². The molecule has 1 aliphatic heterocycles. The molecule has 0 spiro atoms. The van der Waals surface area contributed by atoms with Gasteiger partial charge in [-0.3, -0.25) is 0 Å². The van der Waals surface area contributed by atoms with Gasteiger partial charge in [-0.25, -0.2) is 14.6 Å². The van der Waals surface area contributed by atoms with E-state index in [0.29, 0.717) is 0 Å². The number of carbonyl (C=O) groups excluding carboxylic acids is 2.